The summed E-state index contributed by atoms with van der Waals surface area (Å²) >= 11 is 6.17. The van der Waals surface area contributed by atoms with E-state index in [1.807, 2.05) is 49.3 Å². The number of anilines is 2. The second kappa shape index (κ2) is 12.2. The summed E-state index contributed by atoms with van der Waals surface area (Å²) in [5.41, 5.74) is 6.18. The molecule has 2 N–H and O–H groups in total. The number of nitrogens with one attached hydrogen (secondary N) is 2. The van der Waals surface area contributed by atoms with Gasteiger partial charge in [0, 0.05) is 18.6 Å². The minimum Gasteiger partial charge on any atom is -0.352 e. The lowest BCUT2D eigenvalue weighted by molar-refractivity contribution is -0.182. The van der Waals surface area contributed by atoms with Crippen LogP contribution in [0.1, 0.15) is 44.1 Å². The van der Waals surface area contributed by atoms with Gasteiger partial charge in [-0.1, -0.05) is 56.0 Å². The number of benzene rings is 1. The lowest BCUT2D eigenvalue weighted by Crippen LogP contribution is -2.42. The highest BCUT2D eigenvalue weighted by atomic mass is 35.5. The van der Waals surface area contributed by atoms with Crippen LogP contribution in [-0.2, 0) is 21.0 Å². The first-order valence-electron chi connectivity index (χ1n) is 13.9. The van der Waals surface area contributed by atoms with Gasteiger partial charge < -0.3 is 9.80 Å². The fourth-order valence-corrected chi connectivity index (χ4v) is 6.38. The van der Waals surface area contributed by atoms with Crippen LogP contribution in [0.4, 0.5) is 16.0 Å². The van der Waals surface area contributed by atoms with E-state index in [1.54, 1.807) is 0 Å². The third kappa shape index (κ3) is 6.31. The van der Waals surface area contributed by atoms with Crippen LogP contribution >= 0.6 is 11.6 Å². The highest BCUT2D eigenvalue weighted by Gasteiger charge is 2.62. The number of halogens is 2. The molecule has 2 unspecified atom stereocenters. The van der Waals surface area contributed by atoms with Crippen molar-refractivity contribution < 1.29 is 18.8 Å². The Balaban J connectivity index is 1.24. The molecule has 3 atom stereocenters. The van der Waals surface area contributed by atoms with Gasteiger partial charge in [0.05, 0.1) is 12.5 Å². The molecule has 1 aromatic heterocycles. The van der Waals surface area contributed by atoms with Gasteiger partial charge in [0.1, 0.15) is 6.61 Å². The van der Waals surface area contributed by atoms with Crippen LogP contribution in [0, 0.1) is 23.6 Å². The number of fused-ring (bicyclic) bond motifs is 1. The van der Waals surface area contributed by atoms with Gasteiger partial charge in [0.25, 0.3) is 0 Å². The lowest BCUT2D eigenvalue weighted by atomic mass is 9.92. The number of hydrogen-bond donors (Lipinski definition) is 2. The summed E-state index contributed by atoms with van der Waals surface area (Å²) in [5, 5.41) is 1.04. The van der Waals surface area contributed by atoms with Gasteiger partial charge >= 0.3 is 0 Å². The maximum atomic E-state index is 15.6. The average molecular weight is 574 g/mol. The number of amides is 2. The van der Waals surface area contributed by atoms with E-state index in [9.17, 15) is 9.59 Å². The zero-order valence-electron chi connectivity index (χ0n) is 23.0. The number of hydroxylamine groups is 2. The van der Waals surface area contributed by atoms with Crippen molar-refractivity contribution in [2.24, 2.45) is 17.8 Å². The molecular weight excluding hydrogens is 537 g/mol. The second-order valence-electron chi connectivity index (χ2n) is 11.4. The van der Waals surface area contributed by atoms with E-state index in [-0.39, 0.29) is 41.5 Å². The Labute approximate surface area is 239 Å². The van der Waals surface area contributed by atoms with E-state index < -0.39 is 11.7 Å². The minimum atomic E-state index is -0.673. The Bertz CT molecular complexity index is 1200. The van der Waals surface area contributed by atoms with Crippen molar-refractivity contribution in [3.05, 3.63) is 47.0 Å². The lowest BCUT2D eigenvalue weighted by Gasteiger charge is -2.27. The molecule has 0 radical (unpaired) electrons. The Kier molecular flexibility index (Phi) is 8.72. The number of hydrazine groups is 1. The van der Waals surface area contributed by atoms with Crippen LogP contribution < -0.4 is 15.8 Å². The smallest absolute Gasteiger partial charge is 0.243 e. The number of likely N-dealkylation sites (N-methyl/N-ethyl adjacent to an activating group) is 1. The molecule has 5 rings (SSSR count). The number of piperidine rings is 1. The van der Waals surface area contributed by atoms with Crippen LogP contribution in [0.25, 0.3) is 0 Å². The molecule has 1 aromatic carbocycles. The molecule has 3 fully saturated rings. The molecular formula is C28H37ClFN7O3. The van der Waals surface area contributed by atoms with Crippen molar-refractivity contribution in [3.8, 4) is 0 Å². The molecule has 0 bridgehead atoms. The van der Waals surface area contributed by atoms with E-state index in [2.05, 4.69) is 25.7 Å². The monoisotopic (exact) mass is 573 g/mol. The Hall–Kier alpha value is -3.02. The van der Waals surface area contributed by atoms with E-state index >= 15 is 4.39 Å². The standard InChI is InChI=1S/C28H37ClFN7O3/c1-35(2)28-13-22(28)15-36(17-28)25-23(30)24(31-27(29)32-25)33-34-26(39)21(12-19-8-6-7-9-19)14-37(18-38)40-16-20-10-4-3-5-11-20/h3-5,10-11,18-19,21-22H,6-9,12-17H2,1-2H3,(H,34,39)(H,31,32,33)/t21-,22?,28?/m1/s1. The molecule has 0 spiro atoms. The highest BCUT2D eigenvalue weighted by Crippen LogP contribution is 2.53. The molecule has 12 heteroatoms. The van der Waals surface area contributed by atoms with Crippen molar-refractivity contribution in [1.82, 2.24) is 25.4 Å². The van der Waals surface area contributed by atoms with Gasteiger partial charge in [-0.2, -0.15) is 14.4 Å². The van der Waals surface area contributed by atoms with Gasteiger partial charge in [-0.25, -0.2) is 5.06 Å². The highest BCUT2D eigenvalue weighted by molar-refractivity contribution is 6.28. The molecule has 1 aliphatic heterocycles. The predicted octanol–water partition coefficient (Wildman–Crippen LogP) is 3.64. The summed E-state index contributed by atoms with van der Waals surface area (Å²) < 4.78 is 15.6. The molecule has 10 nitrogen and oxygen atoms in total. The fourth-order valence-electron chi connectivity index (χ4n) is 6.22. The first-order valence-corrected chi connectivity index (χ1v) is 14.3. The van der Waals surface area contributed by atoms with E-state index in [1.165, 1.54) is 0 Å². The Morgan fingerprint density at radius 1 is 1.27 bits per heavy atom. The van der Waals surface area contributed by atoms with E-state index in [4.69, 9.17) is 16.4 Å². The number of nitrogens with zero attached hydrogens (tertiary/aromatic N) is 5. The van der Waals surface area contributed by atoms with Crippen molar-refractivity contribution in [2.75, 3.05) is 44.1 Å². The first-order chi connectivity index (χ1) is 19.3. The molecule has 2 saturated carbocycles. The zero-order valence-corrected chi connectivity index (χ0v) is 23.7. The largest absolute Gasteiger partial charge is 0.352 e. The maximum Gasteiger partial charge on any atom is 0.243 e. The van der Waals surface area contributed by atoms with Gasteiger partial charge in [-0.3, -0.25) is 25.3 Å². The quantitative estimate of drug-likeness (QED) is 0.213. The van der Waals surface area contributed by atoms with Crippen LogP contribution in [0.15, 0.2) is 30.3 Å². The van der Waals surface area contributed by atoms with Crippen LogP contribution in [-0.4, -0.2) is 71.5 Å². The Morgan fingerprint density at radius 3 is 2.70 bits per heavy atom. The average Bonchev–Trinajstić information content (AvgIpc) is 3.26. The summed E-state index contributed by atoms with van der Waals surface area (Å²) in [5.74, 6) is -0.875. The van der Waals surface area contributed by atoms with Crippen molar-refractivity contribution in [2.45, 2.75) is 50.7 Å². The van der Waals surface area contributed by atoms with Gasteiger partial charge in [-0.05, 0) is 55.9 Å². The molecule has 40 heavy (non-hydrogen) atoms. The maximum absolute atomic E-state index is 15.6. The van der Waals surface area contributed by atoms with Gasteiger partial charge in [-0.15, -0.1) is 0 Å². The molecule has 2 heterocycles. The number of rotatable bonds is 13. The van der Waals surface area contributed by atoms with Gasteiger partial charge in [0.15, 0.2) is 11.6 Å². The summed E-state index contributed by atoms with van der Waals surface area (Å²) in [7, 11) is 4.07. The Morgan fingerprint density at radius 2 is 2.02 bits per heavy atom. The molecule has 216 valence electrons. The number of carbonyl (C=O) groups excluding carboxylic acids is 2. The predicted molar refractivity (Wildman–Crippen MR) is 150 cm³/mol. The first kappa shape index (κ1) is 28.5. The fraction of sp³-hybridized carbons (Fsp3) is 0.571. The van der Waals surface area contributed by atoms with Crippen molar-refractivity contribution in [1.29, 1.82) is 0 Å². The zero-order chi connectivity index (χ0) is 28.3. The molecule has 2 aliphatic carbocycles. The SMILES string of the molecule is CN(C)C12CC1CN(c1nc(Cl)nc(NNC(=O)[C@H](CC3CCCC3)CN(C=O)OCc3ccccc3)c1F)C2. The topological polar surface area (TPSA) is 103 Å². The molecule has 2 aromatic rings. The van der Waals surface area contributed by atoms with Crippen molar-refractivity contribution >= 4 is 35.6 Å². The minimum absolute atomic E-state index is 0.0339. The number of carbonyl (C=O) groups is 2. The van der Waals surface area contributed by atoms with E-state index in [0.29, 0.717) is 37.8 Å². The number of hydrogen-bond acceptors (Lipinski definition) is 8. The summed E-state index contributed by atoms with van der Waals surface area (Å²) in [4.78, 5) is 43.1. The molecule has 1 saturated heterocycles. The third-order valence-corrected chi connectivity index (χ3v) is 8.80. The second-order valence-corrected chi connectivity index (χ2v) is 11.8. The van der Waals surface area contributed by atoms with E-state index in [0.717, 1.165) is 42.7 Å². The normalized spacial score (nSPS) is 22.7. The van der Waals surface area contributed by atoms with Crippen LogP contribution in [0.5, 0.6) is 0 Å². The van der Waals surface area contributed by atoms with Gasteiger partial charge in [0.2, 0.25) is 23.4 Å². The van der Waals surface area contributed by atoms with Crippen molar-refractivity contribution in [3.63, 3.8) is 0 Å². The third-order valence-electron chi connectivity index (χ3n) is 8.63. The molecule has 3 aliphatic rings. The summed E-state index contributed by atoms with van der Waals surface area (Å²) in [6.45, 7) is 1.60. The summed E-state index contributed by atoms with van der Waals surface area (Å²) in [6, 6.07) is 9.49. The summed E-state index contributed by atoms with van der Waals surface area (Å²) in [6.07, 6.45) is 6.57. The number of aromatic nitrogens is 2. The van der Waals surface area contributed by atoms with Crippen LogP contribution in [0.3, 0.4) is 0 Å². The molecule has 2 amide bonds. The van der Waals surface area contributed by atoms with Crippen LogP contribution in [0.2, 0.25) is 5.28 Å².